The van der Waals surface area contributed by atoms with Crippen molar-refractivity contribution in [1.29, 1.82) is 0 Å². The Hall–Kier alpha value is -1.09. The summed E-state index contributed by atoms with van der Waals surface area (Å²) >= 11 is 0. The smallest absolute Gasteiger partial charge is 0.130 e. The van der Waals surface area contributed by atoms with Gasteiger partial charge in [0.2, 0.25) is 0 Å². The molecule has 3 heteroatoms. The van der Waals surface area contributed by atoms with Crippen LogP contribution in [-0.2, 0) is 0 Å². The van der Waals surface area contributed by atoms with Gasteiger partial charge in [0, 0.05) is 29.9 Å². The summed E-state index contributed by atoms with van der Waals surface area (Å²) in [5.74, 6) is 1.13. The Labute approximate surface area is 116 Å². The van der Waals surface area contributed by atoms with Gasteiger partial charge in [0.15, 0.2) is 0 Å². The van der Waals surface area contributed by atoms with E-state index in [2.05, 4.69) is 41.2 Å². The van der Waals surface area contributed by atoms with Crippen molar-refractivity contribution in [2.24, 2.45) is 0 Å². The molecule has 2 fully saturated rings. The lowest BCUT2D eigenvalue weighted by atomic mass is 9.94. The lowest BCUT2D eigenvalue weighted by Crippen LogP contribution is -2.38. The van der Waals surface area contributed by atoms with Crippen LogP contribution >= 0.6 is 0 Å². The fraction of sp³-hybridized carbons (Fsp3) is 0.688. The first-order chi connectivity index (χ1) is 9.25. The molecule has 3 nitrogen and oxygen atoms in total. The molecule has 0 amide bonds. The van der Waals surface area contributed by atoms with Crippen LogP contribution in [-0.4, -0.2) is 28.5 Å². The number of nitrogens with zero attached hydrogens (tertiary/aromatic N) is 2. The van der Waals surface area contributed by atoms with E-state index in [-0.39, 0.29) is 0 Å². The molecule has 2 heterocycles. The zero-order chi connectivity index (χ0) is 13.2. The highest BCUT2D eigenvalue weighted by atomic mass is 15.2. The predicted molar refractivity (Wildman–Crippen MR) is 79.3 cm³/mol. The quantitative estimate of drug-likeness (QED) is 0.895. The van der Waals surface area contributed by atoms with Crippen LogP contribution in [0.15, 0.2) is 18.3 Å². The van der Waals surface area contributed by atoms with Gasteiger partial charge in [0.25, 0.3) is 0 Å². The zero-order valence-corrected chi connectivity index (χ0v) is 12.1. The van der Waals surface area contributed by atoms with Gasteiger partial charge in [-0.2, -0.15) is 0 Å². The van der Waals surface area contributed by atoms with E-state index in [0.717, 1.165) is 5.82 Å². The molecule has 3 rings (SSSR count). The van der Waals surface area contributed by atoms with Crippen LogP contribution in [0.3, 0.4) is 0 Å². The lowest BCUT2D eigenvalue weighted by molar-refractivity contribution is 0.112. The summed E-state index contributed by atoms with van der Waals surface area (Å²) < 4.78 is 0. The van der Waals surface area contributed by atoms with Crippen LogP contribution in [0.4, 0.5) is 5.82 Å². The average molecular weight is 259 g/mol. The van der Waals surface area contributed by atoms with E-state index in [1.807, 2.05) is 6.20 Å². The molecule has 0 radical (unpaired) electrons. The van der Waals surface area contributed by atoms with Crippen molar-refractivity contribution in [1.82, 2.24) is 9.88 Å². The van der Waals surface area contributed by atoms with Crippen LogP contribution < -0.4 is 5.32 Å². The zero-order valence-electron chi connectivity index (χ0n) is 12.1. The second-order valence-corrected chi connectivity index (χ2v) is 6.20. The second kappa shape index (κ2) is 5.49. The molecule has 0 bridgehead atoms. The van der Waals surface area contributed by atoms with Crippen molar-refractivity contribution in [3.8, 4) is 0 Å². The van der Waals surface area contributed by atoms with E-state index >= 15 is 0 Å². The Morgan fingerprint density at radius 1 is 1.26 bits per heavy atom. The third kappa shape index (κ3) is 2.92. The fourth-order valence-corrected chi connectivity index (χ4v) is 3.13. The molecule has 1 aromatic heterocycles. The van der Waals surface area contributed by atoms with Crippen LogP contribution in [0.5, 0.6) is 0 Å². The molecule has 0 spiro atoms. The minimum Gasteiger partial charge on any atom is -0.367 e. The summed E-state index contributed by atoms with van der Waals surface area (Å²) in [5, 5.41) is 3.60. The number of likely N-dealkylation sites (tertiary alicyclic amines) is 1. The van der Waals surface area contributed by atoms with Crippen molar-refractivity contribution in [3.63, 3.8) is 0 Å². The number of piperidine rings is 1. The molecule has 1 saturated heterocycles. The molecule has 1 aliphatic carbocycles. The summed E-state index contributed by atoms with van der Waals surface area (Å²) in [4.78, 5) is 7.23. The van der Waals surface area contributed by atoms with Gasteiger partial charge >= 0.3 is 0 Å². The minimum atomic E-state index is 0.545. The van der Waals surface area contributed by atoms with Crippen molar-refractivity contribution >= 4 is 5.82 Å². The number of hydrogen-bond donors (Lipinski definition) is 1. The predicted octanol–water partition coefficient (Wildman–Crippen LogP) is 3.59. The minimum absolute atomic E-state index is 0.545. The first-order valence-corrected chi connectivity index (χ1v) is 7.73. The van der Waals surface area contributed by atoms with Gasteiger partial charge in [-0.15, -0.1) is 0 Å². The summed E-state index contributed by atoms with van der Waals surface area (Å²) in [6, 6.07) is 6.18. The lowest BCUT2D eigenvalue weighted by Gasteiger charge is -2.39. The summed E-state index contributed by atoms with van der Waals surface area (Å²) in [5.41, 5.74) is 1.41. The maximum absolute atomic E-state index is 4.59. The van der Waals surface area contributed by atoms with Crippen molar-refractivity contribution in [3.05, 3.63) is 23.9 Å². The number of aromatic nitrogens is 1. The first kappa shape index (κ1) is 12.9. The second-order valence-electron chi connectivity index (χ2n) is 6.20. The summed E-state index contributed by atoms with van der Waals surface area (Å²) in [6.07, 6.45) is 8.45. The van der Waals surface area contributed by atoms with E-state index in [1.165, 1.54) is 44.2 Å². The number of pyridine rings is 1. The monoisotopic (exact) mass is 259 g/mol. The Morgan fingerprint density at radius 3 is 2.84 bits per heavy atom. The molecule has 1 aromatic rings. The van der Waals surface area contributed by atoms with Gasteiger partial charge in [-0.05, 0) is 52.1 Å². The highest BCUT2D eigenvalue weighted by molar-refractivity contribution is 5.47. The Morgan fingerprint density at radius 2 is 2.11 bits per heavy atom. The molecule has 0 aromatic carbocycles. The molecule has 104 valence electrons. The van der Waals surface area contributed by atoms with Gasteiger partial charge in [-0.3, -0.25) is 4.90 Å². The standard InChI is InChI=1S/C16H25N3/c1-12(2)19-11-4-3-7-15(19)14-6-5-10-17-16(14)18-13-8-9-13/h5-6,10,12-13,15H,3-4,7-9,11H2,1-2H3,(H,17,18)/t15-/m0/s1. The molecular formula is C16H25N3. The topological polar surface area (TPSA) is 28.2 Å². The van der Waals surface area contributed by atoms with Crippen LogP contribution in [0.1, 0.15) is 57.6 Å². The normalized spacial score (nSPS) is 24.7. The summed E-state index contributed by atoms with van der Waals surface area (Å²) in [6.45, 7) is 5.84. The van der Waals surface area contributed by atoms with Crippen LogP contribution in [0.2, 0.25) is 0 Å². The molecule has 0 unspecified atom stereocenters. The fourth-order valence-electron chi connectivity index (χ4n) is 3.13. The van der Waals surface area contributed by atoms with Crippen molar-refractivity contribution in [2.45, 2.75) is 64.1 Å². The van der Waals surface area contributed by atoms with Gasteiger partial charge in [-0.25, -0.2) is 4.98 Å². The molecule has 1 N–H and O–H groups in total. The first-order valence-electron chi connectivity index (χ1n) is 7.73. The average Bonchev–Trinajstić information content (AvgIpc) is 3.23. The van der Waals surface area contributed by atoms with E-state index in [1.54, 1.807) is 0 Å². The van der Waals surface area contributed by atoms with E-state index < -0.39 is 0 Å². The van der Waals surface area contributed by atoms with Gasteiger partial charge in [-0.1, -0.05) is 12.5 Å². The third-order valence-electron chi connectivity index (χ3n) is 4.32. The van der Waals surface area contributed by atoms with Gasteiger partial charge < -0.3 is 5.32 Å². The molecule has 1 aliphatic heterocycles. The largest absolute Gasteiger partial charge is 0.367 e. The van der Waals surface area contributed by atoms with E-state index in [9.17, 15) is 0 Å². The number of anilines is 1. The SMILES string of the molecule is CC(C)N1CCCC[C@H]1c1cccnc1NC1CC1. The molecule has 2 aliphatic rings. The number of rotatable bonds is 4. The Bertz CT molecular complexity index is 426. The number of nitrogens with one attached hydrogen (secondary N) is 1. The maximum atomic E-state index is 4.59. The van der Waals surface area contributed by atoms with Gasteiger partial charge in [0.05, 0.1) is 0 Å². The van der Waals surface area contributed by atoms with E-state index in [0.29, 0.717) is 18.1 Å². The van der Waals surface area contributed by atoms with Gasteiger partial charge in [0.1, 0.15) is 5.82 Å². The van der Waals surface area contributed by atoms with E-state index in [4.69, 9.17) is 0 Å². The van der Waals surface area contributed by atoms with Crippen molar-refractivity contribution in [2.75, 3.05) is 11.9 Å². The molecule has 1 saturated carbocycles. The molecule has 1 atom stereocenters. The Balaban J connectivity index is 1.85. The Kier molecular flexibility index (Phi) is 3.74. The van der Waals surface area contributed by atoms with Crippen LogP contribution in [0.25, 0.3) is 0 Å². The summed E-state index contributed by atoms with van der Waals surface area (Å²) in [7, 11) is 0. The highest BCUT2D eigenvalue weighted by Gasteiger charge is 2.29. The van der Waals surface area contributed by atoms with Crippen molar-refractivity contribution < 1.29 is 0 Å². The third-order valence-corrected chi connectivity index (χ3v) is 4.32. The highest BCUT2D eigenvalue weighted by Crippen LogP contribution is 2.36. The number of hydrogen-bond acceptors (Lipinski definition) is 3. The molecular weight excluding hydrogens is 234 g/mol. The van der Waals surface area contributed by atoms with Crippen LogP contribution in [0, 0.1) is 0 Å². The molecule has 19 heavy (non-hydrogen) atoms. The maximum Gasteiger partial charge on any atom is 0.130 e.